The fraction of sp³-hybridized carbons (Fsp3) is 0.538. The lowest BCUT2D eigenvalue weighted by Gasteiger charge is -2.35. The molecule has 0 spiro atoms. The van der Waals surface area contributed by atoms with Crippen molar-refractivity contribution in [3.63, 3.8) is 0 Å². The van der Waals surface area contributed by atoms with E-state index in [0.29, 0.717) is 22.0 Å². The van der Waals surface area contributed by atoms with Gasteiger partial charge >= 0.3 is 0 Å². The summed E-state index contributed by atoms with van der Waals surface area (Å²) in [5.41, 5.74) is 0.590. The monoisotopic (exact) mass is 293 g/mol. The zero-order chi connectivity index (χ0) is 12.4. The van der Waals surface area contributed by atoms with Crippen molar-refractivity contribution in [2.24, 2.45) is 11.8 Å². The van der Waals surface area contributed by atoms with Gasteiger partial charge in [0.15, 0.2) is 0 Å². The Hall–Kier alpha value is -1.08. The molecule has 1 aromatic heterocycles. The third-order valence-corrected chi connectivity index (χ3v) is 3.75. The first kappa shape index (κ1) is 12.4. The highest BCUT2D eigenvalue weighted by Crippen LogP contribution is 2.26. The number of halogens is 1. The molecule has 1 aliphatic heterocycles. The van der Waals surface area contributed by atoms with E-state index in [-0.39, 0.29) is 0 Å². The zero-order valence-corrected chi connectivity index (χ0v) is 11.7. The van der Waals surface area contributed by atoms with E-state index >= 15 is 0 Å². The van der Waals surface area contributed by atoms with Crippen LogP contribution in [0.4, 0.5) is 5.82 Å². The molecule has 3 nitrogen and oxygen atoms in total. The lowest BCUT2D eigenvalue weighted by molar-refractivity contribution is 0.355. The Morgan fingerprint density at radius 2 is 2.00 bits per heavy atom. The Balaban J connectivity index is 2.22. The van der Waals surface area contributed by atoms with Gasteiger partial charge < -0.3 is 4.90 Å². The van der Waals surface area contributed by atoms with Crippen LogP contribution in [-0.2, 0) is 0 Å². The molecule has 0 amide bonds. The van der Waals surface area contributed by atoms with Crippen molar-refractivity contribution in [1.82, 2.24) is 4.98 Å². The summed E-state index contributed by atoms with van der Waals surface area (Å²) in [5, 5.41) is 8.87. The first-order valence-electron chi connectivity index (χ1n) is 5.91. The summed E-state index contributed by atoms with van der Waals surface area (Å²) >= 11 is 3.34. The van der Waals surface area contributed by atoms with Crippen LogP contribution in [0.1, 0.15) is 25.8 Å². The number of piperidine rings is 1. The average molecular weight is 294 g/mol. The molecule has 2 atom stereocenters. The Morgan fingerprint density at radius 3 is 2.53 bits per heavy atom. The van der Waals surface area contributed by atoms with Crippen LogP contribution in [0.15, 0.2) is 16.7 Å². The molecular formula is C13H16BrN3. The molecule has 0 aromatic carbocycles. The normalized spacial score (nSPS) is 24.5. The second-order valence-corrected chi connectivity index (χ2v) is 5.72. The van der Waals surface area contributed by atoms with Crippen molar-refractivity contribution in [1.29, 1.82) is 5.26 Å². The first-order valence-corrected chi connectivity index (χ1v) is 6.71. The van der Waals surface area contributed by atoms with Crippen molar-refractivity contribution >= 4 is 21.7 Å². The number of rotatable bonds is 1. The highest BCUT2D eigenvalue weighted by molar-refractivity contribution is 9.10. The molecule has 2 unspecified atom stereocenters. The fourth-order valence-electron chi connectivity index (χ4n) is 2.53. The van der Waals surface area contributed by atoms with E-state index in [9.17, 15) is 0 Å². The minimum atomic E-state index is 0.590. The molecule has 0 bridgehead atoms. The maximum Gasteiger partial charge on any atom is 0.129 e. The van der Waals surface area contributed by atoms with Gasteiger partial charge in [0.25, 0.3) is 0 Å². The Kier molecular flexibility index (Phi) is 3.68. The van der Waals surface area contributed by atoms with Crippen LogP contribution >= 0.6 is 15.9 Å². The Bertz CT molecular complexity index is 442. The lowest BCUT2D eigenvalue weighted by atomic mass is 9.92. The van der Waals surface area contributed by atoms with E-state index < -0.39 is 0 Å². The summed E-state index contributed by atoms with van der Waals surface area (Å²) in [5.74, 6) is 2.37. The average Bonchev–Trinajstić information content (AvgIpc) is 2.27. The van der Waals surface area contributed by atoms with E-state index in [1.807, 2.05) is 12.1 Å². The summed E-state index contributed by atoms with van der Waals surface area (Å²) in [6, 6.07) is 5.88. The Labute approximate surface area is 111 Å². The summed E-state index contributed by atoms with van der Waals surface area (Å²) < 4.78 is 0.642. The van der Waals surface area contributed by atoms with Crippen LogP contribution in [0.3, 0.4) is 0 Å². The van der Waals surface area contributed by atoms with Crippen molar-refractivity contribution in [2.75, 3.05) is 18.0 Å². The van der Waals surface area contributed by atoms with Gasteiger partial charge in [0.1, 0.15) is 16.5 Å². The number of nitriles is 1. The van der Waals surface area contributed by atoms with Crippen LogP contribution in [0, 0.1) is 23.2 Å². The quantitative estimate of drug-likeness (QED) is 0.747. The predicted molar refractivity (Wildman–Crippen MR) is 71.8 cm³/mol. The van der Waals surface area contributed by atoms with E-state index in [2.05, 4.69) is 45.7 Å². The van der Waals surface area contributed by atoms with Gasteiger partial charge in [0.2, 0.25) is 0 Å². The molecule has 2 rings (SSSR count). The van der Waals surface area contributed by atoms with Crippen LogP contribution in [-0.4, -0.2) is 18.1 Å². The summed E-state index contributed by atoms with van der Waals surface area (Å²) in [6.07, 6.45) is 1.29. The molecular weight excluding hydrogens is 278 g/mol. The standard InChI is InChI=1S/C13H16BrN3/c1-9-5-10(2)8-17(7-9)12-4-3-11(6-15)13(14)16-12/h3-4,9-10H,5,7-8H2,1-2H3. The van der Waals surface area contributed by atoms with E-state index in [1.54, 1.807) is 0 Å². The molecule has 17 heavy (non-hydrogen) atoms. The SMILES string of the molecule is CC1CC(C)CN(c2ccc(C#N)c(Br)n2)C1. The van der Waals surface area contributed by atoms with Crippen LogP contribution in [0.5, 0.6) is 0 Å². The third kappa shape index (κ3) is 2.78. The molecule has 1 aliphatic rings. The van der Waals surface area contributed by atoms with Crippen molar-refractivity contribution in [2.45, 2.75) is 20.3 Å². The number of hydrogen-bond donors (Lipinski definition) is 0. The number of hydrogen-bond acceptors (Lipinski definition) is 3. The zero-order valence-electron chi connectivity index (χ0n) is 10.2. The highest BCUT2D eigenvalue weighted by atomic mass is 79.9. The van der Waals surface area contributed by atoms with Gasteiger partial charge in [-0.1, -0.05) is 13.8 Å². The minimum absolute atomic E-state index is 0.590. The molecule has 1 aromatic rings. The molecule has 2 heterocycles. The number of pyridine rings is 1. The highest BCUT2D eigenvalue weighted by Gasteiger charge is 2.23. The van der Waals surface area contributed by atoms with Crippen molar-refractivity contribution in [3.05, 3.63) is 22.3 Å². The summed E-state index contributed by atoms with van der Waals surface area (Å²) in [4.78, 5) is 6.77. The second-order valence-electron chi connectivity index (χ2n) is 4.97. The largest absolute Gasteiger partial charge is 0.356 e. The van der Waals surface area contributed by atoms with E-state index in [1.165, 1.54) is 6.42 Å². The topological polar surface area (TPSA) is 39.9 Å². The number of aromatic nitrogens is 1. The fourth-order valence-corrected chi connectivity index (χ4v) is 2.94. The maximum atomic E-state index is 8.87. The van der Waals surface area contributed by atoms with Gasteiger partial charge in [0, 0.05) is 13.1 Å². The van der Waals surface area contributed by atoms with Crippen molar-refractivity contribution in [3.8, 4) is 6.07 Å². The molecule has 1 fully saturated rings. The van der Waals surface area contributed by atoms with E-state index in [0.717, 1.165) is 18.9 Å². The lowest BCUT2D eigenvalue weighted by Crippen LogP contribution is -2.39. The third-order valence-electron chi connectivity index (χ3n) is 3.15. The molecule has 0 aliphatic carbocycles. The van der Waals surface area contributed by atoms with Gasteiger partial charge in [-0.25, -0.2) is 4.98 Å². The van der Waals surface area contributed by atoms with E-state index in [4.69, 9.17) is 5.26 Å². The maximum absolute atomic E-state index is 8.87. The number of anilines is 1. The van der Waals surface area contributed by atoms with Gasteiger partial charge in [0.05, 0.1) is 5.56 Å². The Morgan fingerprint density at radius 1 is 1.35 bits per heavy atom. The first-order chi connectivity index (χ1) is 8.10. The van der Waals surface area contributed by atoms with Gasteiger partial charge in [-0.15, -0.1) is 0 Å². The molecule has 90 valence electrons. The van der Waals surface area contributed by atoms with Crippen molar-refractivity contribution < 1.29 is 0 Å². The molecule has 0 radical (unpaired) electrons. The summed E-state index contributed by atoms with van der Waals surface area (Å²) in [6.45, 7) is 6.66. The van der Waals surface area contributed by atoms with Gasteiger partial charge in [-0.2, -0.15) is 5.26 Å². The number of nitrogens with zero attached hydrogens (tertiary/aromatic N) is 3. The van der Waals surface area contributed by atoms with Crippen LogP contribution < -0.4 is 4.90 Å². The molecule has 4 heteroatoms. The smallest absolute Gasteiger partial charge is 0.129 e. The van der Waals surface area contributed by atoms with Gasteiger partial charge in [-0.3, -0.25) is 0 Å². The second kappa shape index (κ2) is 5.05. The predicted octanol–water partition coefficient (Wildman–Crippen LogP) is 3.20. The molecule has 0 saturated carbocycles. The van der Waals surface area contributed by atoms with Crippen LogP contribution in [0.25, 0.3) is 0 Å². The molecule has 1 saturated heterocycles. The minimum Gasteiger partial charge on any atom is -0.356 e. The van der Waals surface area contributed by atoms with Crippen LogP contribution in [0.2, 0.25) is 0 Å². The molecule has 0 N–H and O–H groups in total. The summed E-state index contributed by atoms with van der Waals surface area (Å²) in [7, 11) is 0. The van der Waals surface area contributed by atoms with Gasteiger partial charge in [-0.05, 0) is 46.3 Å².